The maximum absolute atomic E-state index is 12.9. The molecule has 2 aromatic carbocycles. The first-order chi connectivity index (χ1) is 13.3. The first kappa shape index (κ1) is 23.0. The van der Waals surface area contributed by atoms with E-state index in [1.807, 2.05) is 22.6 Å². The van der Waals surface area contributed by atoms with Gasteiger partial charge in [-0.1, -0.05) is 12.1 Å². The fourth-order valence-electron chi connectivity index (χ4n) is 2.41. The number of benzene rings is 2. The highest BCUT2D eigenvalue weighted by Gasteiger charge is 2.37. The van der Waals surface area contributed by atoms with Crippen molar-refractivity contribution >= 4 is 34.4 Å². The third-order valence-electron chi connectivity index (χ3n) is 3.85. The molecular weight excluding hydrogens is 517 g/mol. The van der Waals surface area contributed by atoms with Crippen molar-refractivity contribution in [3.8, 4) is 0 Å². The maximum Gasteiger partial charge on any atom is 0.416 e. The van der Waals surface area contributed by atoms with Crippen molar-refractivity contribution in [3.05, 3.63) is 68.3 Å². The van der Waals surface area contributed by atoms with E-state index in [1.54, 1.807) is 24.3 Å². The number of primary amides is 1. The van der Waals surface area contributed by atoms with Crippen LogP contribution in [-0.4, -0.2) is 17.9 Å². The molecule has 0 spiro atoms. The van der Waals surface area contributed by atoms with E-state index in [4.69, 9.17) is 5.73 Å². The summed E-state index contributed by atoms with van der Waals surface area (Å²) >= 11 is 2.04. The standard InChI is InChI=1S/C18H13F6IN2O2/c19-17(20,21)11-6-10(7-12(8-11)18(22,23)24)16(29)27-14(15(26)28)5-9-1-3-13(25)4-2-9/h1-4,6-8,14H,5H2,(H2,26,28)(H,27,29)/t14-/m0/s1. The zero-order valence-corrected chi connectivity index (χ0v) is 16.5. The molecule has 0 bridgehead atoms. The predicted molar refractivity (Wildman–Crippen MR) is 99.8 cm³/mol. The lowest BCUT2D eigenvalue weighted by atomic mass is 10.0. The van der Waals surface area contributed by atoms with Crippen molar-refractivity contribution in [1.82, 2.24) is 5.32 Å². The van der Waals surface area contributed by atoms with Gasteiger partial charge in [-0.2, -0.15) is 26.3 Å². The fourth-order valence-corrected chi connectivity index (χ4v) is 2.77. The molecule has 0 unspecified atom stereocenters. The van der Waals surface area contributed by atoms with Gasteiger partial charge in [-0.3, -0.25) is 9.59 Å². The zero-order valence-electron chi connectivity index (χ0n) is 14.4. The van der Waals surface area contributed by atoms with Crippen molar-refractivity contribution in [1.29, 1.82) is 0 Å². The molecule has 0 aromatic heterocycles. The summed E-state index contributed by atoms with van der Waals surface area (Å²) < 4.78 is 78.5. The summed E-state index contributed by atoms with van der Waals surface area (Å²) in [6.07, 6.45) is -10.3. The Kier molecular flexibility index (Phi) is 6.81. The summed E-state index contributed by atoms with van der Waals surface area (Å²) in [4.78, 5) is 23.9. The Morgan fingerprint density at radius 2 is 1.41 bits per heavy atom. The lowest BCUT2D eigenvalue weighted by Crippen LogP contribution is -2.46. The zero-order chi connectivity index (χ0) is 22.0. The molecular formula is C18H13F6IN2O2. The highest BCUT2D eigenvalue weighted by Crippen LogP contribution is 2.36. The van der Waals surface area contributed by atoms with E-state index < -0.39 is 46.9 Å². The number of halogens is 7. The first-order valence-corrected chi connectivity index (χ1v) is 8.99. The topological polar surface area (TPSA) is 72.2 Å². The number of amides is 2. The SMILES string of the molecule is NC(=O)[C@H](Cc1ccc(I)cc1)NC(=O)c1cc(C(F)(F)F)cc(C(F)(F)F)c1. The second kappa shape index (κ2) is 8.59. The van der Waals surface area contributed by atoms with Crippen LogP contribution in [0.3, 0.4) is 0 Å². The molecule has 2 amide bonds. The molecule has 11 heteroatoms. The molecule has 1 atom stereocenters. The van der Waals surface area contributed by atoms with E-state index >= 15 is 0 Å². The number of hydrogen-bond donors (Lipinski definition) is 2. The molecule has 29 heavy (non-hydrogen) atoms. The minimum atomic E-state index is -5.10. The lowest BCUT2D eigenvalue weighted by molar-refractivity contribution is -0.143. The Bertz CT molecular complexity index is 878. The predicted octanol–water partition coefficient (Wildman–Crippen LogP) is 4.16. The largest absolute Gasteiger partial charge is 0.416 e. The summed E-state index contributed by atoms with van der Waals surface area (Å²) in [5.41, 5.74) is 1.66. The smallest absolute Gasteiger partial charge is 0.368 e. The molecule has 0 saturated carbocycles. The molecule has 2 rings (SSSR count). The lowest BCUT2D eigenvalue weighted by Gasteiger charge is -2.18. The Hall–Kier alpha value is -2.31. The quantitative estimate of drug-likeness (QED) is 0.451. The van der Waals surface area contributed by atoms with E-state index in [2.05, 4.69) is 5.32 Å². The van der Waals surface area contributed by atoms with Crippen LogP contribution in [0.15, 0.2) is 42.5 Å². The van der Waals surface area contributed by atoms with Crippen LogP contribution in [0.2, 0.25) is 0 Å². The number of carbonyl (C=O) groups is 2. The molecule has 0 heterocycles. The average Bonchev–Trinajstić information content (AvgIpc) is 2.61. The molecule has 3 N–H and O–H groups in total. The second-order valence-corrected chi connectivity index (χ2v) is 7.30. The van der Waals surface area contributed by atoms with Gasteiger partial charge in [0.25, 0.3) is 5.91 Å². The van der Waals surface area contributed by atoms with Crippen LogP contribution >= 0.6 is 22.6 Å². The molecule has 0 aliphatic carbocycles. The van der Waals surface area contributed by atoms with Crippen LogP contribution < -0.4 is 11.1 Å². The molecule has 2 aromatic rings. The Morgan fingerprint density at radius 1 is 0.931 bits per heavy atom. The van der Waals surface area contributed by atoms with Gasteiger partial charge in [0.2, 0.25) is 5.91 Å². The van der Waals surface area contributed by atoms with Gasteiger partial charge in [-0.25, -0.2) is 0 Å². The highest BCUT2D eigenvalue weighted by atomic mass is 127. The van der Waals surface area contributed by atoms with Gasteiger partial charge in [0.15, 0.2) is 0 Å². The molecule has 0 saturated heterocycles. The summed E-state index contributed by atoms with van der Waals surface area (Å²) in [5, 5.41) is 2.10. The highest BCUT2D eigenvalue weighted by molar-refractivity contribution is 14.1. The van der Waals surface area contributed by atoms with E-state index in [9.17, 15) is 35.9 Å². The van der Waals surface area contributed by atoms with Crippen molar-refractivity contribution in [2.45, 2.75) is 24.8 Å². The molecule has 4 nitrogen and oxygen atoms in total. The molecule has 0 aliphatic rings. The maximum atomic E-state index is 12.9. The van der Waals surface area contributed by atoms with Gasteiger partial charge in [0.1, 0.15) is 6.04 Å². The van der Waals surface area contributed by atoms with Gasteiger partial charge >= 0.3 is 12.4 Å². The van der Waals surface area contributed by atoms with Gasteiger partial charge in [-0.05, 0) is 58.5 Å². The van der Waals surface area contributed by atoms with Crippen LogP contribution in [0, 0.1) is 3.57 Å². The summed E-state index contributed by atoms with van der Waals surface area (Å²) in [7, 11) is 0. The average molecular weight is 530 g/mol. The van der Waals surface area contributed by atoms with Crippen molar-refractivity contribution in [2.24, 2.45) is 5.73 Å². The number of nitrogens with two attached hydrogens (primary N) is 1. The normalized spacial score (nSPS) is 13.1. The van der Waals surface area contributed by atoms with Crippen LogP contribution in [0.5, 0.6) is 0 Å². The van der Waals surface area contributed by atoms with Gasteiger partial charge in [0, 0.05) is 15.6 Å². The second-order valence-electron chi connectivity index (χ2n) is 6.05. The number of carbonyl (C=O) groups excluding carboxylic acids is 2. The Balaban J connectivity index is 2.33. The Labute approximate surface area is 174 Å². The summed E-state index contributed by atoms with van der Waals surface area (Å²) in [6.45, 7) is 0. The Morgan fingerprint density at radius 3 is 1.83 bits per heavy atom. The molecule has 0 fully saturated rings. The van der Waals surface area contributed by atoms with Crippen LogP contribution in [0.25, 0.3) is 0 Å². The third-order valence-corrected chi connectivity index (χ3v) is 4.57. The first-order valence-electron chi connectivity index (χ1n) is 7.91. The van der Waals surface area contributed by atoms with Gasteiger partial charge in [0.05, 0.1) is 11.1 Å². The van der Waals surface area contributed by atoms with E-state index in [0.717, 1.165) is 3.57 Å². The van der Waals surface area contributed by atoms with Gasteiger partial charge in [-0.15, -0.1) is 0 Å². The van der Waals surface area contributed by atoms with Crippen LogP contribution in [-0.2, 0) is 23.6 Å². The van der Waals surface area contributed by atoms with E-state index in [-0.39, 0.29) is 24.6 Å². The molecule has 0 aliphatic heterocycles. The minimum Gasteiger partial charge on any atom is -0.368 e. The molecule has 0 radical (unpaired) electrons. The third kappa shape index (κ3) is 6.34. The van der Waals surface area contributed by atoms with Crippen molar-refractivity contribution in [2.75, 3.05) is 0 Å². The number of rotatable bonds is 5. The number of hydrogen-bond acceptors (Lipinski definition) is 2. The number of alkyl halides is 6. The van der Waals surface area contributed by atoms with Gasteiger partial charge < -0.3 is 11.1 Å². The monoisotopic (exact) mass is 530 g/mol. The van der Waals surface area contributed by atoms with E-state index in [0.29, 0.717) is 5.56 Å². The van der Waals surface area contributed by atoms with Crippen molar-refractivity contribution < 1.29 is 35.9 Å². The minimum absolute atomic E-state index is 0.0803. The van der Waals surface area contributed by atoms with Crippen LogP contribution in [0.1, 0.15) is 27.0 Å². The summed E-state index contributed by atoms with van der Waals surface area (Å²) in [6, 6.07) is 5.89. The van der Waals surface area contributed by atoms with Crippen molar-refractivity contribution in [3.63, 3.8) is 0 Å². The molecule has 156 valence electrons. The summed E-state index contributed by atoms with van der Waals surface area (Å²) in [5.74, 6) is -2.27. The fraction of sp³-hybridized carbons (Fsp3) is 0.222. The van der Waals surface area contributed by atoms with E-state index in [1.165, 1.54) is 0 Å². The number of nitrogens with one attached hydrogen (secondary N) is 1. The van der Waals surface area contributed by atoms with Crippen LogP contribution in [0.4, 0.5) is 26.3 Å².